The van der Waals surface area contributed by atoms with Crippen LogP contribution in [0.15, 0.2) is 0 Å². The smallest absolute Gasteiger partial charge is 0.305 e. The van der Waals surface area contributed by atoms with Gasteiger partial charge in [0.25, 0.3) is 0 Å². The lowest BCUT2D eigenvalue weighted by molar-refractivity contribution is -0.142. The van der Waals surface area contributed by atoms with E-state index in [1.807, 2.05) is 0 Å². The summed E-state index contributed by atoms with van der Waals surface area (Å²) in [7, 11) is 0. The van der Waals surface area contributed by atoms with Crippen molar-refractivity contribution >= 4 is 5.97 Å². The quantitative estimate of drug-likeness (QED) is 0.755. The summed E-state index contributed by atoms with van der Waals surface area (Å²) in [5.41, 5.74) is 0.0831. The molecule has 2 saturated heterocycles. The van der Waals surface area contributed by atoms with Crippen molar-refractivity contribution in [3.05, 3.63) is 0 Å². The van der Waals surface area contributed by atoms with Gasteiger partial charge >= 0.3 is 5.97 Å². The van der Waals surface area contributed by atoms with Gasteiger partial charge in [-0.2, -0.15) is 0 Å². The van der Waals surface area contributed by atoms with Crippen molar-refractivity contribution in [2.75, 3.05) is 39.3 Å². The first-order valence-electron chi connectivity index (χ1n) is 6.76. The van der Waals surface area contributed by atoms with Crippen molar-refractivity contribution in [1.29, 1.82) is 0 Å². The highest BCUT2D eigenvalue weighted by Gasteiger charge is 2.45. The lowest BCUT2D eigenvalue weighted by atomic mass is 9.85. The van der Waals surface area contributed by atoms with Crippen LogP contribution < -0.4 is 5.32 Å². The molecule has 0 atom stereocenters. The minimum absolute atomic E-state index is 0.129. The normalized spacial score (nSPS) is 25.7. The van der Waals surface area contributed by atoms with Crippen molar-refractivity contribution < 1.29 is 9.90 Å². The van der Waals surface area contributed by atoms with Gasteiger partial charge in [0.2, 0.25) is 0 Å². The molecule has 0 unspecified atom stereocenters. The Hall–Kier alpha value is -0.650. The van der Waals surface area contributed by atoms with E-state index in [-0.39, 0.29) is 17.5 Å². The number of carbonyl (C=O) groups is 1. The van der Waals surface area contributed by atoms with Crippen molar-refractivity contribution in [3.63, 3.8) is 0 Å². The molecule has 5 heteroatoms. The van der Waals surface area contributed by atoms with Gasteiger partial charge in [-0.3, -0.25) is 14.6 Å². The molecular formula is C13H25N3O2. The van der Waals surface area contributed by atoms with Crippen LogP contribution in [0.25, 0.3) is 0 Å². The molecule has 0 aromatic rings. The Kier molecular flexibility index (Phi) is 3.67. The number of carboxylic acids is 1. The van der Waals surface area contributed by atoms with E-state index < -0.39 is 5.97 Å². The van der Waals surface area contributed by atoms with Gasteiger partial charge in [0.15, 0.2) is 0 Å². The van der Waals surface area contributed by atoms with Crippen molar-refractivity contribution in [3.8, 4) is 0 Å². The standard InChI is InChI=1S/C13H25N3O2/c1-12(2,3)15-4-6-16(7-5-15)13(8-11(17)18)9-14-10-13/h14H,4-10H2,1-3H3,(H,17,18). The van der Waals surface area contributed by atoms with Crippen molar-refractivity contribution in [2.24, 2.45) is 0 Å². The number of hydrogen-bond donors (Lipinski definition) is 2. The number of piperazine rings is 1. The first-order valence-corrected chi connectivity index (χ1v) is 6.76. The van der Waals surface area contributed by atoms with Gasteiger partial charge in [-0.25, -0.2) is 0 Å². The summed E-state index contributed by atoms with van der Waals surface area (Å²) in [6, 6.07) is 0. The lowest BCUT2D eigenvalue weighted by Crippen LogP contribution is -2.72. The first-order chi connectivity index (χ1) is 8.33. The highest BCUT2D eigenvalue weighted by Crippen LogP contribution is 2.27. The van der Waals surface area contributed by atoms with Gasteiger partial charge < -0.3 is 10.4 Å². The molecule has 0 bridgehead atoms. The average molecular weight is 255 g/mol. The fourth-order valence-corrected chi connectivity index (χ4v) is 3.01. The van der Waals surface area contributed by atoms with Gasteiger partial charge in [-0.05, 0) is 20.8 Å². The van der Waals surface area contributed by atoms with Crippen LogP contribution in [-0.2, 0) is 4.79 Å². The van der Waals surface area contributed by atoms with E-state index in [1.54, 1.807) is 0 Å². The van der Waals surface area contributed by atoms with Gasteiger partial charge in [-0.15, -0.1) is 0 Å². The topological polar surface area (TPSA) is 55.8 Å². The molecule has 2 aliphatic rings. The predicted molar refractivity (Wildman–Crippen MR) is 70.8 cm³/mol. The fourth-order valence-electron chi connectivity index (χ4n) is 3.01. The predicted octanol–water partition coefficient (Wildman–Crippen LogP) is 0.219. The summed E-state index contributed by atoms with van der Waals surface area (Å²) in [5, 5.41) is 12.3. The van der Waals surface area contributed by atoms with Crippen LogP contribution in [0.2, 0.25) is 0 Å². The molecule has 5 nitrogen and oxygen atoms in total. The molecule has 2 N–H and O–H groups in total. The maximum Gasteiger partial charge on any atom is 0.305 e. The number of hydrogen-bond acceptors (Lipinski definition) is 4. The third kappa shape index (κ3) is 2.68. The summed E-state index contributed by atoms with van der Waals surface area (Å²) in [5.74, 6) is -0.685. The van der Waals surface area contributed by atoms with Crippen LogP contribution in [0, 0.1) is 0 Å². The Morgan fingerprint density at radius 1 is 1.22 bits per heavy atom. The van der Waals surface area contributed by atoms with Crippen LogP contribution >= 0.6 is 0 Å². The molecule has 2 aliphatic heterocycles. The van der Waals surface area contributed by atoms with Crippen LogP contribution in [-0.4, -0.2) is 71.2 Å². The second-order valence-electron chi connectivity index (χ2n) is 6.54. The molecule has 0 amide bonds. The SMILES string of the molecule is CC(C)(C)N1CCN(C2(CC(=O)O)CNC2)CC1. The molecule has 2 fully saturated rings. The molecule has 0 spiro atoms. The number of nitrogens with zero attached hydrogens (tertiary/aromatic N) is 2. The van der Waals surface area contributed by atoms with E-state index in [2.05, 4.69) is 35.9 Å². The van der Waals surface area contributed by atoms with Crippen molar-refractivity contribution in [2.45, 2.75) is 38.3 Å². The number of rotatable bonds is 3. The summed E-state index contributed by atoms with van der Waals surface area (Å²) in [6.07, 6.45) is 0.259. The van der Waals surface area contributed by atoms with E-state index in [0.29, 0.717) is 0 Å². The molecule has 0 aromatic heterocycles. The molecule has 18 heavy (non-hydrogen) atoms. The highest BCUT2D eigenvalue weighted by atomic mass is 16.4. The van der Waals surface area contributed by atoms with Gasteiger partial charge in [0.1, 0.15) is 0 Å². The molecule has 0 radical (unpaired) electrons. The third-order valence-electron chi connectivity index (χ3n) is 4.29. The molecule has 2 rings (SSSR count). The van der Waals surface area contributed by atoms with Crippen LogP contribution in [0.1, 0.15) is 27.2 Å². The Morgan fingerprint density at radius 2 is 1.78 bits per heavy atom. The first kappa shape index (κ1) is 13.8. The number of carboxylic acid groups (broad SMARTS) is 1. The molecule has 0 aromatic carbocycles. The maximum absolute atomic E-state index is 11.0. The van der Waals surface area contributed by atoms with Crippen LogP contribution in [0.4, 0.5) is 0 Å². The lowest BCUT2D eigenvalue weighted by Gasteiger charge is -2.54. The summed E-state index contributed by atoms with van der Waals surface area (Å²) < 4.78 is 0. The van der Waals surface area contributed by atoms with Crippen LogP contribution in [0.3, 0.4) is 0 Å². The monoisotopic (exact) mass is 255 g/mol. The van der Waals surface area contributed by atoms with E-state index in [1.165, 1.54) is 0 Å². The third-order valence-corrected chi connectivity index (χ3v) is 4.29. The van der Waals surface area contributed by atoms with E-state index in [9.17, 15) is 4.79 Å². The highest BCUT2D eigenvalue weighted by molar-refractivity contribution is 5.68. The zero-order valence-corrected chi connectivity index (χ0v) is 11.7. The number of aliphatic carboxylic acids is 1. The van der Waals surface area contributed by atoms with E-state index >= 15 is 0 Å². The molecule has 2 heterocycles. The molecular weight excluding hydrogens is 230 g/mol. The zero-order valence-electron chi connectivity index (χ0n) is 11.7. The summed E-state index contributed by atoms with van der Waals surface area (Å²) >= 11 is 0. The van der Waals surface area contributed by atoms with Crippen LogP contribution in [0.5, 0.6) is 0 Å². The van der Waals surface area contributed by atoms with E-state index in [0.717, 1.165) is 39.3 Å². The Balaban J connectivity index is 1.94. The van der Waals surface area contributed by atoms with Crippen molar-refractivity contribution in [1.82, 2.24) is 15.1 Å². The second-order valence-corrected chi connectivity index (χ2v) is 6.54. The minimum atomic E-state index is -0.685. The number of nitrogens with one attached hydrogen (secondary N) is 1. The zero-order chi connectivity index (χ0) is 13.4. The summed E-state index contributed by atoms with van der Waals surface area (Å²) in [4.78, 5) is 15.9. The Bertz CT molecular complexity index is 313. The largest absolute Gasteiger partial charge is 0.481 e. The molecule has 0 aliphatic carbocycles. The van der Waals surface area contributed by atoms with Gasteiger partial charge in [0.05, 0.1) is 12.0 Å². The van der Waals surface area contributed by atoms with Gasteiger partial charge in [0, 0.05) is 44.8 Å². The fraction of sp³-hybridized carbons (Fsp3) is 0.923. The average Bonchev–Trinajstić information content (AvgIpc) is 2.22. The molecule has 104 valence electrons. The maximum atomic E-state index is 11.0. The minimum Gasteiger partial charge on any atom is -0.481 e. The van der Waals surface area contributed by atoms with Gasteiger partial charge in [-0.1, -0.05) is 0 Å². The Morgan fingerprint density at radius 3 is 2.11 bits per heavy atom. The second kappa shape index (κ2) is 4.79. The van der Waals surface area contributed by atoms with E-state index in [4.69, 9.17) is 5.11 Å². The Labute approximate surface area is 109 Å². The summed E-state index contributed by atoms with van der Waals surface area (Å²) in [6.45, 7) is 12.4. The molecule has 0 saturated carbocycles.